The zero-order valence-electron chi connectivity index (χ0n) is 57.9. The predicted octanol–water partition coefficient (Wildman–Crippen LogP) is 24.1. The van der Waals surface area contributed by atoms with E-state index in [4.69, 9.17) is 18.5 Å². The van der Waals surface area contributed by atoms with Crippen LogP contribution in [-0.2, 0) is 32.7 Å². The largest absolute Gasteiger partial charge is 0.472 e. The van der Waals surface area contributed by atoms with Crippen LogP contribution in [0.4, 0.5) is 0 Å². The lowest BCUT2D eigenvalue weighted by Crippen LogP contribution is -2.37. The Morgan fingerprint density at radius 2 is 0.648 bits per heavy atom. The summed E-state index contributed by atoms with van der Waals surface area (Å²) in [6.07, 6.45) is 96.3. The van der Waals surface area contributed by atoms with Gasteiger partial charge in [0.2, 0.25) is 0 Å². The molecule has 0 aliphatic heterocycles. The number of carbonyl (C=O) groups excluding carboxylic acids is 2. The molecule has 0 saturated heterocycles. The fourth-order valence-corrected chi connectivity index (χ4v) is 10.9. The molecule has 9 nitrogen and oxygen atoms in total. The zero-order valence-corrected chi connectivity index (χ0v) is 58.8. The van der Waals surface area contributed by atoms with Crippen LogP contribution in [-0.4, -0.2) is 74.9 Å². The minimum Gasteiger partial charge on any atom is -0.462 e. The first kappa shape index (κ1) is 84.7. The van der Waals surface area contributed by atoms with Gasteiger partial charge < -0.3 is 18.9 Å². The quantitative estimate of drug-likeness (QED) is 0.0211. The second kappa shape index (κ2) is 68.0. The molecule has 0 bridgehead atoms. The number of rotatable bonds is 67. The van der Waals surface area contributed by atoms with Crippen molar-refractivity contribution in [2.75, 3.05) is 47.5 Å². The van der Waals surface area contributed by atoms with Gasteiger partial charge in [0, 0.05) is 12.8 Å². The summed E-state index contributed by atoms with van der Waals surface area (Å²) < 4.78 is 34.8. The summed E-state index contributed by atoms with van der Waals surface area (Å²) in [6, 6.07) is 0. The Hall–Kier alpha value is -3.33. The Kier molecular flexibility index (Phi) is 65.5. The van der Waals surface area contributed by atoms with Crippen LogP contribution < -0.4 is 0 Å². The molecule has 88 heavy (non-hydrogen) atoms. The van der Waals surface area contributed by atoms with Gasteiger partial charge in [-0.3, -0.25) is 18.6 Å². The summed E-state index contributed by atoms with van der Waals surface area (Å²) in [5, 5.41) is 0. The number of phosphoric ester groups is 1. The van der Waals surface area contributed by atoms with Gasteiger partial charge in [0.1, 0.15) is 19.8 Å². The van der Waals surface area contributed by atoms with Crippen LogP contribution >= 0.6 is 7.82 Å². The van der Waals surface area contributed by atoms with Gasteiger partial charge >= 0.3 is 19.8 Å². The SMILES string of the molecule is CC/C=C\C/C=C\C/C=C\C/C=C\C/C=C\C/C=C\CCCCCCCCCCCCCCCCCCC(=O)OC(COC(=O)CCCCCCCCCCCCCCCC/C=C\C/C=C\C/C=C\CCCCCCC)COP(=O)(O)OCC[N+](C)(C)C. The van der Waals surface area contributed by atoms with Crippen molar-refractivity contribution < 1.29 is 42.1 Å². The van der Waals surface area contributed by atoms with Gasteiger partial charge in [0.05, 0.1) is 27.7 Å². The summed E-state index contributed by atoms with van der Waals surface area (Å²) in [5.41, 5.74) is 0. The molecular weight excluding hydrogens is 1110 g/mol. The van der Waals surface area contributed by atoms with Gasteiger partial charge in [-0.25, -0.2) is 4.57 Å². The van der Waals surface area contributed by atoms with Crippen LogP contribution in [0.5, 0.6) is 0 Å². The predicted molar refractivity (Wildman–Crippen MR) is 381 cm³/mol. The lowest BCUT2D eigenvalue weighted by molar-refractivity contribution is -0.870. The molecule has 0 fully saturated rings. The molecular formula is C78H139NO8P+. The van der Waals surface area contributed by atoms with Gasteiger partial charge in [0.15, 0.2) is 6.10 Å². The van der Waals surface area contributed by atoms with Crippen LogP contribution in [0.2, 0.25) is 0 Å². The molecule has 0 aromatic carbocycles. The van der Waals surface area contributed by atoms with Crippen LogP contribution in [0.25, 0.3) is 0 Å². The number of hydrogen-bond donors (Lipinski definition) is 1. The maximum Gasteiger partial charge on any atom is 0.472 e. The Bertz CT molecular complexity index is 1850. The number of phosphoric acid groups is 1. The van der Waals surface area contributed by atoms with Crippen molar-refractivity contribution in [3.05, 3.63) is 109 Å². The highest BCUT2D eigenvalue weighted by Gasteiger charge is 2.27. The van der Waals surface area contributed by atoms with E-state index in [0.717, 1.165) is 89.9 Å². The highest BCUT2D eigenvalue weighted by molar-refractivity contribution is 7.47. The maximum absolute atomic E-state index is 12.9. The van der Waals surface area contributed by atoms with Gasteiger partial charge in [-0.1, -0.05) is 316 Å². The molecule has 0 rings (SSSR count). The topological polar surface area (TPSA) is 108 Å². The van der Waals surface area contributed by atoms with Crippen molar-refractivity contribution in [2.45, 2.75) is 328 Å². The molecule has 0 aliphatic rings. The normalized spacial score (nSPS) is 13.8. The number of likely N-dealkylation sites (N-methyl/N-ethyl adjacent to an activating group) is 1. The fraction of sp³-hybridized carbons (Fsp3) is 0.744. The lowest BCUT2D eigenvalue weighted by atomic mass is 10.0. The average Bonchev–Trinajstić information content (AvgIpc) is 3.57. The molecule has 508 valence electrons. The van der Waals surface area contributed by atoms with Gasteiger partial charge in [-0.2, -0.15) is 0 Å². The molecule has 10 heteroatoms. The van der Waals surface area contributed by atoms with Crippen molar-refractivity contribution >= 4 is 19.8 Å². The Balaban J connectivity index is 4.03. The summed E-state index contributed by atoms with van der Waals surface area (Å²) >= 11 is 0. The molecule has 2 atom stereocenters. The molecule has 0 aromatic rings. The van der Waals surface area contributed by atoms with Crippen molar-refractivity contribution in [3.8, 4) is 0 Å². The van der Waals surface area contributed by atoms with E-state index in [1.54, 1.807) is 0 Å². The smallest absolute Gasteiger partial charge is 0.462 e. The molecule has 0 aromatic heterocycles. The molecule has 2 unspecified atom stereocenters. The monoisotopic (exact) mass is 1250 g/mol. The molecule has 0 amide bonds. The first-order valence-electron chi connectivity index (χ1n) is 36.6. The number of carbonyl (C=O) groups is 2. The molecule has 0 spiro atoms. The summed E-state index contributed by atoms with van der Waals surface area (Å²) in [4.78, 5) is 35.9. The van der Waals surface area contributed by atoms with E-state index in [1.807, 2.05) is 21.1 Å². The van der Waals surface area contributed by atoms with E-state index in [9.17, 15) is 19.0 Å². The minimum atomic E-state index is -4.40. The first-order chi connectivity index (χ1) is 43.0. The number of unbranched alkanes of at least 4 members (excludes halogenated alkanes) is 35. The Morgan fingerprint density at radius 3 is 0.966 bits per heavy atom. The van der Waals surface area contributed by atoms with E-state index in [2.05, 4.69) is 123 Å². The van der Waals surface area contributed by atoms with Crippen LogP contribution in [0.3, 0.4) is 0 Å². The van der Waals surface area contributed by atoms with Crippen LogP contribution in [0.15, 0.2) is 109 Å². The maximum atomic E-state index is 12.9. The zero-order chi connectivity index (χ0) is 64.1. The third-order valence-corrected chi connectivity index (χ3v) is 16.8. The minimum absolute atomic E-state index is 0.0291. The highest BCUT2D eigenvalue weighted by atomic mass is 31.2. The molecule has 0 radical (unpaired) electrons. The molecule has 1 N–H and O–H groups in total. The van der Waals surface area contributed by atoms with E-state index in [-0.39, 0.29) is 32.0 Å². The van der Waals surface area contributed by atoms with E-state index in [1.165, 1.54) is 199 Å². The second-order valence-electron chi connectivity index (χ2n) is 25.6. The average molecular weight is 1250 g/mol. The van der Waals surface area contributed by atoms with E-state index in [0.29, 0.717) is 17.4 Å². The molecule has 0 aliphatic carbocycles. The third kappa shape index (κ3) is 71.7. The summed E-state index contributed by atoms with van der Waals surface area (Å²) in [5.74, 6) is -0.790. The van der Waals surface area contributed by atoms with Gasteiger partial charge in [0.25, 0.3) is 0 Å². The summed E-state index contributed by atoms with van der Waals surface area (Å²) in [7, 11) is 1.48. The number of allylic oxidation sites excluding steroid dienone is 18. The highest BCUT2D eigenvalue weighted by Crippen LogP contribution is 2.43. The fourth-order valence-electron chi connectivity index (χ4n) is 10.2. The molecule has 0 saturated carbocycles. The standard InChI is InChI=1S/C78H138NO8P/c1-6-8-10-12-14-16-18-20-22-24-26-28-30-32-34-36-37-38-39-40-41-43-45-47-49-51-53-55-57-59-61-63-65-67-69-71-78(81)87-76(75-86-88(82,83)85-73-72-79(3,4)5)74-84-77(80)70-68-66-64-62-60-58-56-54-52-50-48-46-44-42-35-33-31-29-27-25-23-21-19-17-15-13-11-9-7-2/h8,10,14,16,19-22,25-28,31-34,37-38,76H,6-7,9,11-13,15,17-18,23-24,29-30,35-36,39-75H2,1-5H3/p+1/b10-8-,16-14-,21-19-,22-20-,27-25-,28-26-,33-31-,34-32-,38-37-. The van der Waals surface area contributed by atoms with Crippen molar-refractivity contribution in [3.63, 3.8) is 0 Å². The number of ether oxygens (including phenoxy) is 2. The van der Waals surface area contributed by atoms with Crippen LogP contribution in [0, 0.1) is 0 Å². The van der Waals surface area contributed by atoms with E-state index >= 15 is 0 Å². The number of esters is 2. The Morgan fingerprint density at radius 1 is 0.364 bits per heavy atom. The Labute approximate surface area is 544 Å². The van der Waals surface area contributed by atoms with Gasteiger partial charge in [-0.15, -0.1) is 0 Å². The lowest BCUT2D eigenvalue weighted by Gasteiger charge is -2.24. The number of quaternary nitrogens is 1. The number of hydrogen-bond acceptors (Lipinski definition) is 7. The first-order valence-corrected chi connectivity index (χ1v) is 38.1. The molecule has 0 heterocycles. The second-order valence-corrected chi connectivity index (χ2v) is 27.0. The van der Waals surface area contributed by atoms with Crippen molar-refractivity contribution in [1.82, 2.24) is 0 Å². The van der Waals surface area contributed by atoms with E-state index < -0.39 is 26.5 Å². The number of nitrogens with zero attached hydrogens (tertiary/aromatic N) is 1. The van der Waals surface area contributed by atoms with Crippen LogP contribution in [0.1, 0.15) is 322 Å². The third-order valence-electron chi connectivity index (χ3n) is 15.8. The van der Waals surface area contributed by atoms with Gasteiger partial charge in [-0.05, 0) is 103 Å². The summed E-state index contributed by atoms with van der Waals surface area (Å²) in [6.45, 7) is 4.34. The van der Waals surface area contributed by atoms with Crippen molar-refractivity contribution in [2.24, 2.45) is 0 Å². The van der Waals surface area contributed by atoms with Crippen molar-refractivity contribution in [1.29, 1.82) is 0 Å².